The van der Waals surface area contributed by atoms with Crippen molar-refractivity contribution in [2.45, 2.75) is 36.6 Å². The summed E-state index contributed by atoms with van der Waals surface area (Å²) in [5, 5.41) is 12.4. The maximum Gasteiger partial charge on any atom is 0.306 e. The molecule has 0 atom stereocenters. The number of aliphatic carboxylic acids is 1. The monoisotopic (exact) mass is 265 g/mol. The second kappa shape index (κ2) is 6.14. The predicted molar refractivity (Wildman–Crippen MR) is 75.2 cm³/mol. The number of thioether (sulfide) groups is 1. The first-order valence-electron chi connectivity index (χ1n) is 6.32. The minimum Gasteiger partial charge on any atom is -0.481 e. The molecule has 1 aromatic carbocycles. The van der Waals surface area contributed by atoms with Crippen LogP contribution in [0.1, 0.15) is 25.7 Å². The summed E-state index contributed by atoms with van der Waals surface area (Å²) in [6.07, 6.45) is 5.53. The van der Waals surface area contributed by atoms with Crippen molar-refractivity contribution < 1.29 is 9.90 Å². The van der Waals surface area contributed by atoms with Gasteiger partial charge in [-0.15, -0.1) is 11.8 Å². The SMILES string of the molecule is CSc1ccc(NC2CCC(C(=O)O)CC2)cc1. The molecule has 1 aliphatic rings. The largest absolute Gasteiger partial charge is 0.481 e. The molecule has 1 fully saturated rings. The van der Waals surface area contributed by atoms with E-state index in [2.05, 4.69) is 35.8 Å². The summed E-state index contributed by atoms with van der Waals surface area (Å²) in [5.41, 5.74) is 1.13. The molecule has 3 nitrogen and oxygen atoms in total. The molecule has 2 rings (SSSR count). The molecule has 0 bridgehead atoms. The predicted octanol–water partition coefficient (Wildman–Crippen LogP) is 3.46. The molecule has 0 spiro atoms. The molecule has 98 valence electrons. The number of hydrogen-bond acceptors (Lipinski definition) is 3. The molecule has 1 aromatic rings. The summed E-state index contributed by atoms with van der Waals surface area (Å²) in [7, 11) is 0. The molecule has 0 radical (unpaired) electrons. The van der Waals surface area contributed by atoms with E-state index in [0.717, 1.165) is 31.4 Å². The summed E-state index contributed by atoms with van der Waals surface area (Å²) in [4.78, 5) is 12.1. The van der Waals surface area contributed by atoms with Crippen LogP contribution in [0.2, 0.25) is 0 Å². The molecule has 2 N–H and O–H groups in total. The molecule has 0 saturated heterocycles. The van der Waals surface area contributed by atoms with Crippen LogP contribution in [0.5, 0.6) is 0 Å². The lowest BCUT2D eigenvalue weighted by atomic mass is 9.86. The third-order valence-electron chi connectivity index (χ3n) is 3.54. The zero-order valence-corrected chi connectivity index (χ0v) is 11.4. The molecule has 0 amide bonds. The lowest BCUT2D eigenvalue weighted by molar-refractivity contribution is -0.142. The van der Waals surface area contributed by atoms with Gasteiger partial charge in [-0.25, -0.2) is 0 Å². The molecular formula is C14H19NO2S. The van der Waals surface area contributed by atoms with Crippen LogP contribution in [-0.4, -0.2) is 23.4 Å². The van der Waals surface area contributed by atoms with Crippen LogP contribution in [0.15, 0.2) is 29.2 Å². The van der Waals surface area contributed by atoms with Gasteiger partial charge in [0.2, 0.25) is 0 Å². The first-order chi connectivity index (χ1) is 8.69. The number of carboxylic acid groups (broad SMARTS) is 1. The maximum atomic E-state index is 10.9. The van der Waals surface area contributed by atoms with Crippen molar-refractivity contribution in [3.63, 3.8) is 0 Å². The Hall–Kier alpha value is -1.16. The van der Waals surface area contributed by atoms with E-state index in [4.69, 9.17) is 5.11 Å². The zero-order valence-electron chi connectivity index (χ0n) is 10.6. The second-order valence-electron chi connectivity index (χ2n) is 4.76. The van der Waals surface area contributed by atoms with Gasteiger partial charge >= 0.3 is 5.97 Å². The Morgan fingerprint density at radius 1 is 1.22 bits per heavy atom. The minimum atomic E-state index is -0.641. The Morgan fingerprint density at radius 3 is 2.33 bits per heavy atom. The van der Waals surface area contributed by atoms with Gasteiger partial charge in [-0.1, -0.05) is 0 Å². The van der Waals surface area contributed by atoms with Gasteiger partial charge in [0.1, 0.15) is 0 Å². The molecule has 1 aliphatic carbocycles. The highest BCUT2D eigenvalue weighted by Crippen LogP contribution is 2.27. The van der Waals surface area contributed by atoms with Gasteiger partial charge in [-0.05, 0) is 56.2 Å². The fourth-order valence-corrected chi connectivity index (χ4v) is 2.82. The van der Waals surface area contributed by atoms with Gasteiger partial charge < -0.3 is 10.4 Å². The van der Waals surface area contributed by atoms with E-state index in [1.165, 1.54) is 4.90 Å². The van der Waals surface area contributed by atoms with E-state index in [9.17, 15) is 4.79 Å². The molecule has 0 aromatic heterocycles. The number of anilines is 1. The van der Waals surface area contributed by atoms with Gasteiger partial charge in [0, 0.05) is 16.6 Å². The summed E-state index contributed by atoms with van der Waals surface area (Å²) in [6, 6.07) is 8.82. The van der Waals surface area contributed by atoms with E-state index in [1.54, 1.807) is 11.8 Å². The van der Waals surface area contributed by atoms with Gasteiger partial charge in [0.15, 0.2) is 0 Å². The van der Waals surface area contributed by atoms with E-state index >= 15 is 0 Å². The fourth-order valence-electron chi connectivity index (χ4n) is 2.41. The molecule has 0 aliphatic heterocycles. The van der Waals surface area contributed by atoms with Gasteiger partial charge in [0.05, 0.1) is 5.92 Å². The number of carbonyl (C=O) groups is 1. The van der Waals surface area contributed by atoms with Crippen molar-refractivity contribution in [2.75, 3.05) is 11.6 Å². The Labute approximate surface area is 112 Å². The lowest BCUT2D eigenvalue weighted by Gasteiger charge is -2.27. The molecule has 0 heterocycles. The minimum absolute atomic E-state index is 0.137. The zero-order chi connectivity index (χ0) is 13.0. The summed E-state index contributed by atoms with van der Waals surface area (Å²) < 4.78 is 0. The first-order valence-corrected chi connectivity index (χ1v) is 7.55. The Balaban J connectivity index is 1.85. The highest BCUT2D eigenvalue weighted by atomic mass is 32.2. The number of hydrogen-bond donors (Lipinski definition) is 2. The fraction of sp³-hybridized carbons (Fsp3) is 0.500. The van der Waals surface area contributed by atoms with Gasteiger partial charge in [0.25, 0.3) is 0 Å². The van der Waals surface area contributed by atoms with Crippen molar-refractivity contribution >= 4 is 23.4 Å². The van der Waals surface area contributed by atoms with E-state index in [1.807, 2.05) is 0 Å². The molecular weight excluding hydrogens is 246 g/mol. The summed E-state index contributed by atoms with van der Waals surface area (Å²) in [5.74, 6) is -0.778. The third-order valence-corrected chi connectivity index (χ3v) is 4.28. The van der Waals surface area contributed by atoms with Crippen molar-refractivity contribution in [1.82, 2.24) is 0 Å². The van der Waals surface area contributed by atoms with Crippen LogP contribution in [0.3, 0.4) is 0 Å². The topological polar surface area (TPSA) is 49.3 Å². The van der Waals surface area contributed by atoms with Crippen molar-refractivity contribution in [2.24, 2.45) is 5.92 Å². The quantitative estimate of drug-likeness (QED) is 0.818. The van der Waals surface area contributed by atoms with Crippen LogP contribution in [0, 0.1) is 5.92 Å². The van der Waals surface area contributed by atoms with Crippen LogP contribution in [0.4, 0.5) is 5.69 Å². The normalized spacial score (nSPS) is 23.6. The number of rotatable bonds is 4. The van der Waals surface area contributed by atoms with Crippen LogP contribution in [-0.2, 0) is 4.79 Å². The highest BCUT2D eigenvalue weighted by Gasteiger charge is 2.25. The molecule has 4 heteroatoms. The third kappa shape index (κ3) is 3.42. The first kappa shape index (κ1) is 13.3. The van der Waals surface area contributed by atoms with Crippen LogP contribution < -0.4 is 5.32 Å². The lowest BCUT2D eigenvalue weighted by Crippen LogP contribution is -2.29. The van der Waals surface area contributed by atoms with Gasteiger partial charge in [-0.3, -0.25) is 4.79 Å². The Morgan fingerprint density at radius 2 is 1.83 bits per heavy atom. The van der Waals surface area contributed by atoms with Crippen molar-refractivity contribution in [3.8, 4) is 0 Å². The Kier molecular flexibility index (Phi) is 4.53. The maximum absolute atomic E-state index is 10.9. The number of carboxylic acids is 1. The van der Waals surface area contributed by atoms with Crippen molar-refractivity contribution in [1.29, 1.82) is 0 Å². The molecule has 1 saturated carbocycles. The smallest absolute Gasteiger partial charge is 0.306 e. The number of benzene rings is 1. The summed E-state index contributed by atoms with van der Waals surface area (Å²) in [6.45, 7) is 0. The summed E-state index contributed by atoms with van der Waals surface area (Å²) >= 11 is 1.73. The van der Waals surface area contributed by atoms with Crippen LogP contribution in [0.25, 0.3) is 0 Å². The van der Waals surface area contributed by atoms with E-state index in [0.29, 0.717) is 6.04 Å². The molecule has 0 unspecified atom stereocenters. The average Bonchev–Trinajstić information content (AvgIpc) is 2.40. The van der Waals surface area contributed by atoms with E-state index < -0.39 is 5.97 Å². The van der Waals surface area contributed by atoms with Crippen LogP contribution >= 0.6 is 11.8 Å². The average molecular weight is 265 g/mol. The Bertz CT molecular complexity index is 397. The van der Waals surface area contributed by atoms with E-state index in [-0.39, 0.29) is 5.92 Å². The second-order valence-corrected chi connectivity index (χ2v) is 5.64. The van der Waals surface area contributed by atoms with Crippen molar-refractivity contribution in [3.05, 3.63) is 24.3 Å². The number of nitrogens with one attached hydrogen (secondary N) is 1. The van der Waals surface area contributed by atoms with Gasteiger partial charge in [-0.2, -0.15) is 0 Å². The highest BCUT2D eigenvalue weighted by molar-refractivity contribution is 7.98. The standard InChI is InChI=1S/C14H19NO2S/c1-18-13-8-6-12(7-9-13)15-11-4-2-10(3-5-11)14(16)17/h6-11,15H,2-5H2,1H3,(H,16,17). The molecule has 18 heavy (non-hydrogen) atoms.